The summed E-state index contributed by atoms with van der Waals surface area (Å²) >= 11 is 1.89. The van der Waals surface area contributed by atoms with E-state index < -0.39 is 0 Å². The lowest BCUT2D eigenvalue weighted by atomic mass is 10.2. The molecule has 2 rings (SSSR count). The van der Waals surface area contributed by atoms with Crippen LogP contribution in [-0.2, 0) is 4.79 Å². The molecule has 3 N–H and O–H groups in total. The van der Waals surface area contributed by atoms with Crippen LogP contribution >= 0.6 is 11.8 Å². The molecule has 0 aromatic heterocycles. The van der Waals surface area contributed by atoms with Gasteiger partial charge in [-0.2, -0.15) is 11.8 Å². The van der Waals surface area contributed by atoms with Gasteiger partial charge in [0, 0.05) is 17.5 Å². The van der Waals surface area contributed by atoms with E-state index in [-0.39, 0.29) is 12.5 Å². The second kappa shape index (κ2) is 6.54. The van der Waals surface area contributed by atoms with Crippen LogP contribution in [0.25, 0.3) is 0 Å². The fraction of sp³-hybridized carbons (Fsp3) is 0.462. The van der Waals surface area contributed by atoms with Crippen molar-refractivity contribution in [3.05, 3.63) is 24.3 Å². The Bertz CT molecular complexity index is 388. The number of rotatable bonds is 4. The van der Waals surface area contributed by atoms with E-state index in [0.717, 1.165) is 12.2 Å². The van der Waals surface area contributed by atoms with Crippen molar-refractivity contribution in [3.63, 3.8) is 0 Å². The van der Waals surface area contributed by atoms with Crippen molar-refractivity contribution in [2.45, 2.75) is 18.9 Å². The Balaban J connectivity index is 1.72. The average molecular weight is 266 g/mol. The van der Waals surface area contributed by atoms with Gasteiger partial charge in [0.25, 0.3) is 5.91 Å². The fourth-order valence-electron chi connectivity index (χ4n) is 1.84. The molecule has 1 amide bonds. The maximum atomic E-state index is 11.7. The van der Waals surface area contributed by atoms with Crippen LogP contribution in [-0.4, -0.2) is 30.1 Å². The summed E-state index contributed by atoms with van der Waals surface area (Å²) in [4.78, 5) is 11.7. The normalized spacial score (nSPS) is 19.2. The van der Waals surface area contributed by atoms with E-state index in [2.05, 4.69) is 5.32 Å². The van der Waals surface area contributed by atoms with Gasteiger partial charge in [0.15, 0.2) is 6.61 Å². The van der Waals surface area contributed by atoms with Crippen LogP contribution < -0.4 is 15.8 Å². The third-order valence-corrected chi connectivity index (χ3v) is 3.99. The summed E-state index contributed by atoms with van der Waals surface area (Å²) in [5.41, 5.74) is 6.26. The van der Waals surface area contributed by atoms with Crippen LogP contribution in [0, 0.1) is 0 Å². The monoisotopic (exact) mass is 266 g/mol. The standard InChI is InChI=1S/C13H18N2O2S/c14-10-3-5-12(6-4-10)17-8-13(16)15-11-2-1-7-18-9-11/h3-6,11H,1-2,7-9,14H2,(H,15,16). The zero-order valence-corrected chi connectivity index (χ0v) is 11.0. The molecule has 98 valence electrons. The quantitative estimate of drug-likeness (QED) is 0.814. The van der Waals surface area contributed by atoms with Gasteiger partial charge >= 0.3 is 0 Å². The first-order valence-electron chi connectivity index (χ1n) is 6.09. The molecule has 1 aliphatic rings. The average Bonchev–Trinajstić information content (AvgIpc) is 2.39. The third-order valence-electron chi connectivity index (χ3n) is 2.78. The van der Waals surface area contributed by atoms with Crippen molar-refractivity contribution < 1.29 is 9.53 Å². The van der Waals surface area contributed by atoms with Crippen LogP contribution in [0.3, 0.4) is 0 Å². The number of hydrogen-bond donors (Lipinski definition) is 2. The van der Waals surface area contributed by atoms with Crippen molar-refractivity contribution in [2.75, 3.05) is 23.8 Å². The highest BCUT2D eigenvalue weighted by atomic mass is 32.2. The van der Waals surface area contributed by atoms with E-state index in [9.17, 15) is 4.79 Å². The van der Waals surface area contributed by atoms with E-state index in [4.69, 9.17) is 10.5 Å². The maximum Gasteiger partial charge on any atom is 0.258 e. The number of nitrogens with two attached hydrogens (primary N) is 1. The lowest BCUT2D eigenvalue weighted by molar-refractivity contribution is -0.123. The zero-order chi connectivity index (χ0) is 12.8. The molecule has 18 heavy (non-hydrogen) atoms. The molecule has 0 radical (unpaired) electrons. The second-order valence-electron chi connectivity index (χ2n) is 4.34. The SMILES string of the molecule is Nc1ccc(OCC(=O)NC2CCCSC2)cc1. The number of thioether (sulfide) groups is 1. The van der Waals surface area contributed by atoms with Crippen molar-refractivity contribution in [1.29, 1.82) is 0 Å². The van der Waals surface area contributed by atoms with Crippen LogP contribution in [0.4, 0.5) is 5.69 Å². The van der Waals surface area contributed by atoms with Crippen molar-refractivity contribution in [3.8, 4) is 5.75 Å². The summed E-state index contributed by atoms with van der Waals surface area (Å²) in [6, 6.07) is 7.33. The molecule has 0 spiro atoms. The number of hydrogen-bond acceptors (Lipinski definition) is 4. The molecule has 0 saturated carbocycles. The van der Waals surface area contributed by atoms with E-state index >= 15 is 0 Å². The van der Waals surface area contributed by atoms with E-state index in [0.29, 0.717) is 17.5 Å². The molecule has 1 saturated heterocycles. The summed E-state index contributed by atoms with van der Waals surface area (Å²) in [5, 5.41) is 2.99. The number of anilines is 1. The molecule has 4 nitrogen and oxygen atoms in total. The first kappa shape index (κ1) is 13.1. The Morgan fingerprint density at radius 3 is 2.89 bits per heavy atom. The smallest absolute Gasteiger partial charge is 0.258 e. The number of nitrogen functional groups attached to an aromatic ring is 1. The minimum absolute atomic E-state index is 0.0562. The number of carbonyl (C=O) groups is 1. The van der Waals surface area contributed by atoms with Crippen LogP contribution in [0.2, 0.25) is 0 Å². The Morgan fingerprint density at radius 1 is 1.44 bits per heavy atom. The molecule has 1 aromatic rings. The second-order valence-corrected chi connectivity index (χ2v) is 5.49. The first-order valence-corrected chi connectivity index (χ1v) is 7.25. The summed E-state index contributed by atoms with van der Waals surface area (Å²) in [7, 11) is 0. The highest BCUT2D eigenvalue weighted by Crippen LogP contribution is 2.17. The molecule has 0 aliphatic carbocycles. The molecule has 1 heterocycles. The van der Waals surface area contributed by atoms with E-state index in [1.54, 1.807) is 24.3 Å². The van der Waals surface area contributed by atoms with Gasteiger partial charge in [-0.1, -0.05) is 0 Å². The minimum atomic E-state index is -0.0562. The molecule has 1 aromatic carbocycles. The molecule has 5 heteroatoms. The van der Waals surface area contributed by atoms with Gasteiger partial charge in [-0.15, -0.1) is 0 Å². The van der Waals surface area contributed by atoms with Gasteiger partial charge in [-0.05, 0) is 42.9 Å². The molecule has 1 aliphatic heterocycles. The largest absolute Gasteiger partial charge is 0.484 e. The van der Waals surface area contributed by atoms with E-state index in [1.807, 2.05) is 11.8 Å². The summed E-state index contributed by atoms with van der Waals surface area (Å²) in [5.74, 6) is 2.82. The summed E-state index contributed by atoms with van der Waals surface area (Å²) in [6.07, 6.45) is 2.25. The van der Waals surface area contributed by atoms with Gasteiger partial charge in [0.05, 0.1) is 0 Å². The molecular formula is C13H18N2O2S. The number of carbonyl (C=O) groups excluding carboxylic acids is 1. The predicted molar refractivity (Wildman–Crippen MR) is 74.8 cm³/mol. The first-order chi connectivity index (χ1) is 8.74. The Kier molecular flexibility index (Phi) is 4.75. The van der Waals surface area contributed by atoms with Crippen LogP contribution in [0.15, 0.2) is 24.3 Å². The van der Waals surface area contributed by atoms with E-state index in [1.165, 1.54) is 12.2 Å². The van der Waals surface area contributed by atoms with Gasteiger partial charge in [0.1, 0.15) is 5.75 Å². The Morgan fingerprint density at radius 2 is 2.22 bits per heavy atom. The topological polar surface area (TPSA) is 64.3 Å². The van der Waals surface area contributed by atoms with Gasteiger partial charge in [-0.25, -0.2) is 0 Å². The summed E-state index contributed by atoms with van der Waals surface area (Å²) < 4.78 is 5.39. The molecule has 1 atom stereocenters. The summed E-state index contributed by atoms with van der Waals surface area (Å²) in [6.45, 7) is 0.0606. The molecular weight excluding hydrogens is 248 g/mol. The van der Waals surface area contributed by atoms with Crippen LogP contribution in [0.5, 0.6) is 5.75 Å². The number of amides is 1. The Labute approximate surface area is 111 Å². The highest BCUT2D eigenvalue weighted by Gasteiger charge is 2.16. The van der Waals surface area contributed by atoms with Gasteiger partial charge < -0.3 is 15.8 Å². The molecule has 0 bridgehead atoms. The van der Waals surface area contributed by atoms with Crippen molar-refractivity contribution in [2.24, 2.45) is 0 Å². The maximum absolute atomic E-state index is 11.7. The van der Waals surface area contributed by atoms with Crippen molar-refractivity contribution in [1.82, 2.24) is 5.32 Å². The van der Waals surface area contributed by atoms with Gasteiger partial charge in [-0.3, -0.25) is 4.79 Å². The lowest BCUT2D eigenvalue weighted by Gasteiger charge is -2.22. The van der Waals surface area contributed by atoms with Gasteiger partial charge in [0.2, 0.25) is 0 Å². The lowest BCUT2D eigenvalue weighted by Crippen LogP contribution is -2.40. The zero-order valence-electron chi connectivity index (χ0n) is 10.2. The number of benzene rings is 1. The molecule has 1 unspecified atom stereocenters. The highest BCUT2D eigenvalue weighted by molar-refractivity contribution is 7.99. The number of nitrogens with one attached hydrogen (secondary N) is 1. The van der Waals surface area contributed by atoms with Crippen LogP contribution in [0.1, 0.15) is 12.8 Å². The minimum Gasteiger partial charge on any atom is -0.484 e. The van der Waals surface area contributed by atoms with Crippen molar-refractivity contribution >= 4 is 23.4 Å². The number of ether oxygens (including phenoxy) is 1. The third kappa shape index (κ3) is 4.14. The predicted octanol–water partition coefficient (Wildman–Crippen LogP) is 1.66. The Hall–Kier alpha value is -1.36. The fourth-order valence-corrected chi connectivity index (χ4v) is 2.91. The molecule has 1 fully saturated rings.